The van der Waals surface area contributed by atoms with E-state index < -0.39 is 0 Å². The van der Waals surface area contributed by atoms with E-state index in [0.717, 1.165) is 4.47 Å². The summed E-state index contributed by atoms with van der Waals surface area (Å²) in [4.78, 5) is 24.5. The summed E-state index contributed by atoms with van der Waals surface area (Å²) in [5.41, 5.74) is 1.30. The number of benzene rings is 2. The minimum absolute atomic E-state index is 0.00234. The van der Waals surface area contributed by atoms with Gasteiger partial charge in [-0.1, -0.05) is 51.4 Å². The third-order valence-corrected chi connectivity index (χ3v) is 5.67. The van der Waals surface area contributed by atoms with E-state index in [1.165, 1.54) is 11.8 Å². The molecule has 6 nitrogen and oxygen atoms in total. The van der Waals surface area contributed by atoms with Crippen LogP contribution in [0.5, 0.6) is 0 Å². The number of carbonyl (C=O) groups is 2. The number of anilines is 1. The number of Topliss-reactive ketones (excluding diaryl/α,β-unsaturated/α-hetero) is 1. The van der Waals surface area contributed by atoms with E-state index in [1.807, 2.05) is 12.1 Å². The fourth-order valence-corrected chi connectivity index (χ4v) is 3.57. The van der Waals surface area contributed by atoms with Gasteiger partial charge in [0.2, 0.25) is 5.91 Å². The zero-order chi connectivity index (χ0) is 20.1. The topological polar surface area (TPSA) is 76.9 Å². The molecule has 1 N–H and O–H groups in total. The number of carbonyl (C=O) groups excluding carboxylic acids is 2. The zero-order valence-corrected chi connectivity index (χ0v) is 18.0. The maximum Gasteiger partial charge on any atom is 0.232 e. The van der Waals surface area contributed by atoms with Gasteiger partial charge in [-0.15, -0.1) is 10.2 Å². The molecule has 0 unspecified atom stereocenters. The Hall–Kier alpha value is -2.16. The summed E-state index contributed by atoms with van der Waals surface area (Å²) in [7, 11) is 1.78. The molecule has 0 radical (unpaired) electrons. The molecule has 0 spiro atoms. The highest BCUT2D eigenvalue weighted by Gasteiger charge is 2.15. The molecule has 0 bridgehead atoms. The van der Waals surface area contributed by atoms with Crippen molar-refractivity contribution in [3.8, 4) is 0 Å². The van der Waals surface area contributed by atoms with Gasteiger partial charge in [0.1, 0.15) is 5.82 Å². The molecule has 0 fully saturated rings. The monoisotopic (exact) mass is 478 g/mol. The van der Waals surface area contributed by atoms with Gasteiger partial charge < -0.3 is 9.88 Å². The van der Waals surface area contributed by atoms with Gasteiger partial charge >= 0.3 is 0 Å². The summed E-state index contributed by atoms with van der Waals surface area (Å²) in [6.45, 7) is 0. The van der Waals surface area contributed by atoms with Crippen LogP contribution in [0.3, 0.4) is 0 Å². The number of amides is 1. The summed E-state index contributed by atoms with van der Waals surface area (Å²) in [5.74, 6) is 0.554. The van der Waals surface area contributed by atoms with E-state index in [9.17, 15) is 9.59 Å². The quantitative estimate of drug-likeness (QED) is 0.402. The van der Waals surface area contributed by atoms with Crippen LogP contribution in [0.2, 0.25) is 5.02 Å². The molecule has 0 saturated carbocycles. The highest BCUT2D eigenvalue weighted by atomic mass is 79.9. The van der Waals surface area contributed by atoms with Crippen LogP contribution in [0.25, 0.3) is 0 Å². The van der Waals surface area contributed by atoms with Crippen molar-refractivity contribution in [1.82, 2.24) is 14.8 Å². The molecule has 0 aliphatic heterocycles. The molecule has 144 valence electrons. The first kappa shape index (κ1) is 20.6. The van der Waals surface area contributed by atoms with Crippen molar-refractivity contribution in [2.75, 3.05) is 11.1 Å². The van der Waals surface area contributed by atoms with Gasteiger partial charge in [-0.3, -0.25) is 9.59 Å². The summed E-state index contributed by atoms with van der Waals surface area (Å²) in [6.07, 6.45) is 0.0767. The van der Waals surface area contributed by atoms with Crippen LogP contribution < -0.4 is 5.32 Å². The lowest BCUT2D eigenvalue weighted by atomic mass is 10.2. The highest BCUT2D eigenvalue weighted by molar-refractivity contribution is 9.10. The van der Waals surface area contributed by atoms with Gasteiger partial charge in [-0.05, 0) is 36.4 Å². The lowest BCUT2D eigenvalue weighted by Crippen LogP contribution is -2.17. The van der Waals surface area contributed by atoms with E-state index in [0.29, 0.717) is 27.3 Å². The van der Waals surface area contributed by atoms with Crippen LogP contribution in [0.15, 0.2) is 58.2 Å². The van der Waals surface area contributed by atoms with Crippen LogP contribution in [0.1, 0.15) is 16.2 Å². The number of ketones is 1. The molecule has 28 heavy (non-hydrogen) atoms. The van der Waals surface area contributed by atoms with Crippen LogP contribution in [0.4, 0.5) is 5.69 Å². The van der Waals surface area contributed by atoms with Crippen LogP contribution >= 0.6 is 39.3 Å². The molecule has 1 aromatic heterocycles. The van der Waals surface area contributed by atoms with Crippen LogP contribution in [0, 0.1) is 0 Å². The standard InChI is InChI=1S/C19H16BrClN4O2S/c1-25-17(10-18(27)22-15-8-6-14(21)7-9-15)23-24-19(25)28-11-16(26)12-2-4-13(20)5-3-12/h2-9H,10-11H2,1H3,(H,22,27). The van der Waals surface area contributed by atoms with Gasteiger partial charge in [0.05, 0.1) is 12.2 Å². The molecular formula is C19H16BrClN4O2S. The van der Waals surface area contributed by atoms with Crippen LogP contribution in [-0.2, 0) is 18.3 Å². The third kappa shape index (κ3) is 5.43. The van der Waals surface area contributed by atoms with Crippen molar-refractivity contribution in [2.24, 2.45) is 7.05 Å². The Morgan fingerprint density at radius 3 is 2.46 bits per heavy atom. The van der Waals surface area contributed by atoms with E-state index >= 15 is 0 Å². The average Bonchev–Trinajstić information content (AvgIpc) is 3.02. The Morgan fingerprint density at radius 2 is 1.79 bits per heavy atom. The molecule has 2 aromatic carbocycles. The van der Waals surface area contributed by atoms with Gasteiger partial charge in [0, 0.05) is 27.8 Å². The minimum atomic E-state index is -0.208. The normalized spacial score (nSPS) is 10.7. The Labute approximate surface area is 179 Å². The number of thioether (sulfide) groups is 1. The fraction of sp³-hybridized carbons (Fsp3) is 0.158. The SMILES string of the molecule is Cn1c(CC(=O)Nc2ccc(Cl)cc2)nnc1SCC(=O)c1ccc(Br)cc1. The van der Waals surface area contributed by atoms with E-state index in [-0.39, 0.29) is 23.9 Å². The lowest BCUT2D eigenvalue weighted by Gasteiger charge is -2.06. The summed E-state index contributed by atoms with van der Waals surface area (Å²) < 4.78 is 2.65. The maximum atomic E-state index is 12.3. The molecule has 0 aliphatic carbocycles. The minimum Gasteiger partial charge on any atom is -0.326 e. The number of aromatic nitrogens is 3. The fourth-order valence-electron chi connectivity index (χ4n) is 2.36. The molecule has 0 atom stereocenters. The van der Waals surface area contributed by atoms with Crippen molar-refractivity contribution < 1.29 is 9.59 Å². The first-order chi connectivity index (χ1) is 13.4. The van der Waals surface area contributed by atoms with Gasteiger partial charge in [0.15, 0.2) is 10.9 Å². The summed E-state index contributed by atoms with van der Waals surface area (Å²) in [5, 5.41) is 12.1. The Morgan fingerprint density at radius 1 is 1.11 bits per heavy atom. The van der Waals surface area contributed by atoms with Crippen molar-refractivity contribution in [2.45, 2.75) is 11.6 Å². The number of nitrogens with zero attached hydrogens (tertiary/aromatic N) is 3. The van der Waals surface area contributed by atoms with E-state index in [1.54, 1.807) is 48.0 Å². The number of hydrogen-bond donors (Lipinski definition) is 1. The first-order valence-corrected chi connectivity index (χ1v) is 10.4. The average molecular weight is 480 g/mol. The number of rotatable bonds is 7. The Balaban J connectivity index is 1.57. The van der Waals surface area contributed by atoms with Crippen molar-refractivity contribution in [3.05, 3.63) is 69.4 Å². The second-order valence-corrected chi connectivity index (χ2v) is 8.20. The molecule has 1 heterocycles. The summed E-state index contributed by atoms with van der Waals surface area (Å²) >= 11 is 10.5. The smallest absolute Gasteiger partial charge is 0.232 e. The number of halogens is 2. The molecule has 3 rings (SSSR count). The van der Waals surface area contributed by atoms with E-state index in [4.69, 9.17) is 11.6 Å². The molecule has 0 aliphatic rings. The first-order valence-electron chi connectivity index (χ1n) is 8.27. The molecule has 0 saturated heterocycles. The van der Waals surface area contributed by atoms with Gasteiger partial charge in [-0.25, -0.2) is 0 Å². The predicted octanol–water partition coefficient (Wildman–Crippen LogP) is 4.39. The second kappa shape index (κ2) is 9.36. The van der Waals surface area contributed by atoms with Crippen molar-refractivity contribution in [3.63, 3.8) is 0 Å². The molecule has 9 heteroatoms. The van der Waals surface area contributed by atoms with Crippen molar-refractivity contribution in [1.29, 1.82) is 0 Å². The van der Waals surface area contributed by atoms with Crippen LogP contribution in [-0.4, -0.2) is 32.2 Å². The van der Waals surface area contributed by atoms with E-state index in [2.05, 4.69) is 31.4 Å². The largest absolute Gasteiger partial charge is 0.326 e. The lowest BCUT2D eigenvalue weighted by molar-refractivity contribution is -0.115. The van der Waals surface area contributed by atoms with Gasteiger partial charge in [-0.2, -0.15) is 0 Å². The predicted molar refractivity (Wildman–Crippen MR) is 114 cm³/mol. The molecule has 1 amide bonds. The summed E-state index contributed by atoms with van der Waals surface area (Å²) in [6, 6.07) is 14.1. The van der Waals surface area contributed by atoms with Gasteiger partial charge in [0.25, 0.3) is 0 Å². The molecule has 3 aromatic rings. The third-order valence-electron chi connectivity index (χ3n) is 3.87. The highest BCUT2D eigenvalue weighted by Crippen LogP contribution is 2.19. The zero-order valence-electron chi connectivity index (χ0n) is 14.9. The maximum absolute atomic E-state index is 12.3. The Kier molecular flexibility index (Phi) is 6.88. The Bertz CT molecular complexity index is 990. The van der Waals surface area contributed by atoms with Crippen molar-refractivity contribution >= 4 is 56.7 Å². The second-order valence-electron chi connectivity index (χ2n) is 5.91. The molecular weight excluding hydrogens is 464 g/mol. The number of nitrogens with one attached hydrogen (secondary N) is 1. The number of hydrogen-bond acceptors (Lipinski definition) is 5.